The molecule has 0 atom stereocenters. The van der Waals surface area contributed by atoms with Crippen LogP contribution < -0.4 is 0 Å². The lowest BCUT2D eigenvalue weighted by atomic mass is 10.00. The van der Waals surface area contributed by atoms with Crippen molar-refractivity contribution in [3.05, 3.63) is 66.4 Å². The third-order valence-electron chi connectivity index (χ3n) is 3.19. The van der Waals surface area contributed by atoms with Crippen molar-refractivity contribution in [2.45, 2.75) is 6.42 Å². The third-order valence-corrected chi connectivity index (χ3v) is 3.19. The van der Waals surface area contributed by atoms with Crippen LogP contribution in [0.2, 0.25) is 0 Å². The fourth-order valence-corrected chi connectivity index (χ4v) is 2.30. The molecule has 1 aromatic heterocycles. The summed E-state index contributed by atoms with van der Waals surface area (Å²) in [6.45, 7) is 0. The molecule has 0 radical (unpaired) electrons. The number of fused-ring (bicyclic) bond motifs is 1. The van der Waals surface area contributed by atoms with Gasteiger partial charge in [-0.2, -0.15) is 5.26 Å². The Morgan fingerprint density at radius 1 is 0.895 bits per heavy atom. The van der Waals surface area contributed by atoms with Crippen molar-refractivity contribution < 1.29 is 0 Å². The highest BCUT2D eigenvalue weighted by Gasteiger charge is 2.08. The van der Waals surface area contributed by atoms with Crippen molar-refractivity contribution in [3.63, 3.8) is 0 Å². The number of hydrogen-bond acceptors (Lipinski definition) is 2. The van der Waals surface area contributed by atoms with E-state index in [4.69, 9.17) is 5.26 Å². The lowest BCUT2D eigenvalue weighted by Crippen LogP contribution is -1.91. The number of pyridine rings is 1. The van der Waals surface area contributed by atoms with Gasteiger partial charge in [-0.3, -0.25) is 4.98 Å². The zero-order valence-corrected chi connectivity index (χ0v) is 10.4. The molecule has 0 N–H and O–H groups in total. The van der Waals surface area contributed by atoms with Gasteiger partial charge in [0, 0.05) is 17.1 Å². The number of nitrogens with zero attached hydrogens (tertiary/aromatic N) is 2. The predicted octanol–water partition coefficient (Wildman–Crippen LogP) is 3.97. The fourth-order valence-electron chi connectivity index (χ4n) is 2.30. The first-order valence-corrected chi connectivity index (χ1v) is 6.19. The maximum absolute atomic E-state index is 8.89. The summed E-state index contributed by atoms with van der Waals surface area (Å²) in [4.78, 5) is 4.54. The van der Waals surface area contributed by atoms with Gasteiger partial charge in [-0.1, -0.05) is 54.6 Å². The molecule has 0 saturated heterocycles. The maximum atomic E-state index is 8.89. The second kappa shape index (κ2) is 4.91. The quantitative estimate of drug-likeness (QED) is 0.684. The first-order chi connectivity index (χ1) is 9.40. The van der Waals surface area contributed by atoms with E-state index in [1.807, 2.05) is 36.5 Å². The minimum absolute atomic E-state index is 0.391. The third kappa shape index (κ3) is 2.07. The van der Waals surface area contributed by atoms with Crippen LogP contribution in [-0.4, -0.2) is 4.98 Å². The normalized spacial score (nSPS) is 10.3. The molecule has 0 saturated carbocycles. The van der Waals surface area contributed by atoms with Crippen LogP contribution in [0.25, 0.3) is 22.0 Å². The molecule has 2 heteroatoms. The Morgan fingerprint density at radius 3 is 2.32 bits per heavy atom. The standard InChI is InChI=1S/C17H12N2/c18-11-10-14-12-19-17(13-6-2-1-3-7-13)16-9-5-4-8-15(14)16/h1-9,12H,10H2. The van der Waals surface area contributed by atoms with Crippen molar-refractivity contribution in [1.82, 2.24) is 4.98 Å². The Hall–Kier alpha value is -2.66. The minimum atomic E-state index is 0.391. The smallest absolute Gasteiger partial charge is 0.0780 e. The van der Waals surface area contributed by atoms with Gasteiger partial charge >= 0.3 is 0 Å². The summed E-state index contributed by atoms with van der Waals surface area (Å²) in [5.41, 5.74) is 3.05. The van der Waals surface area contributed by atoms with E-state index in [0.29, 0.717) is 6.42 Å². The van der Waals surface area contributed by atoms with Crippen LogP contribution >= 0.6 is 0 Å². The van der Waals surface area contributed by atoms with Gasteiger partial charge in [-0.05, 0) is 10.9 Å². The molecule has 2 aromatic carbocycles. The first kappa shape index (κ1) is 11.4. The van der Waals surface area contributed by atoms with Crippen molar-refractivity contribution >= 4 is 10.8 Å². The van der Waals surface area contributed by atoms with Crippen LogP contribution in [0.3, 0.4) is 0 Å². The average molecular weight is 244 g/mol. The Kier molecular flexibility index (Phi) is 2.96. The summed E-state index contributed by atoms with van der Waals surface area (Å²) in [6, 6.07) is 20.4. The molecule has 0 spiro atoms. The van der Waals surface area contributed by atoms with E-state index < -0.39 is 0 Å². The van der Waals surface area contributed by atoms with Crippen molar-refractivity contribution in [1.29, 1.82) is 5.26 Å². The van der Waals surface area contributed by atoms with Crippen LogP contribution in [0.4, 0.5) is 0 Å². The molecule has 0 aliphatic heterocycles. The predicted molar refractivity (Wildman–Crippen MR) is 76.5 cm³/mol. The van der Waals surface area contributed by atoms with E-state index >= 15 is 0 Å². The molecule has 19 heavy (non-hydrogen) atoms. The molecule has 0 bridgehead atoms. The summed E-state index contributed by atoms with van der Waals surface area (Å²) >= 11 is 0. The maximum Gasteiger partial charge on any atom is 0.0780 e. The molecule has 0 aliphatic rings. The van der Waals surface area contributed by atoms with Crippen molar-refractivity contribution in [3.8, 4) is 17.3 Å². The van der Waals surface area contributed by atoms with Crippen LogP contribution in [-0.2, 0) is 6.42 Å². The molecule has 2 nitrogen and oxygen atoms in total. The molecule has 0 unspecified atom stereocenters. The largest absolute Gasteiger partial charge is 0.255 e. The molecule has 3 aromatic rings. The van der Waals surface area contributed by atoms with Gasteiger partial charge in [-0.25, -0.2) is 0 Å². The molecule has 0 aliphatic carbocycles. The summed E-state index contributed by atoms with van der Waals surface area (Å²) < 4.78 is 0. The lowest BCUT2D eigenvalue weighted by molar-refractivity contribution is 1.22. The highest BCUT2D eigenvalue weighted by molar-refractivity contribution is 5.96. The van der Waals surface area contributed by atoms with E-state index in [1.54, 1.807) is 0 Å². The Morgan fingerprint density at radius 2 is 1.58 bits per heavy atom. The minimum Gasteiger partial charge on any atom is -0.255 e. The number of benzene rings is 2. The van der Waals surface area contributed by atoms with Gasteiger partial charge in [0.25, 0.3) is 0 Å². The van der Waals surface area contributed by atoms with Gasteiger partial charge in [0.05, 0.1) is 18.2 Å². The van der Waals surface area contributed by atoms with E-state index in [0.717, 1.165) is 27.6 Å². The summed E-state index contributed by atoms with van der Waals surface area (Å²) in [5, 5.41) is 11.1. The zero-order chi connectivity index (χ0) is 13.1. The molecule has 3 rings (SSSR count). The van der Waals surface area contributed by atoms with E-state index in [-0.39, 0.29) is 0 Å². The Balaban J connectivity index is 2.29. The summed E-state index contributed by atoms with van der Waals surface area (Å²) in [7, 11) is 0. The monoisotopic (exact) mass is 244 g/mol. The second-order valence-electron chi connectivity index (χ2n) is 4.38. The van der Waals surface area contributed by atoms with E-state index in [1.165, 1.54) is 0 Å². The van der Waals surface area contributed by atoms with Crippen LogP contribution in [0, 0.1) is 11.3 Å². The van der Waals surface area contributed by atoms with Crippen molar-refractivity contribution in [2.24, 2.45) is 0 Å². The highest BCUT2D eigenvalue weighted by Crippen LogP contribution is 2.28. The molecular formula is C17H12N2. The fraction of sp³-hybridized carbons (Fsp3) is 0.0588. The van der Waals surface area contributed by atoms with Gasteiger partial charge in [0.1, 0.15) is 0 Å². The molecule has 1 heterocycles. The molecular weight excluding hydrogens is 232 g/mol. The number of aromatic nitrogens is 1. The van der Waals surface area contributed by atoms with E-state index in [9.17, 15) is 0 Å². The van der Waals surface area contributed by atoms with Crippen LogP contribution in [0.1, 0.15) is 5.56 Å². The van der Waals surface area contributed by atoms with Gasteiger partial charge in [0.15, 0.2) is 0 Å². The Bertz CT molecular complexity index is 755. The number of rotatable bonds is 2. The van der Waals surface area contributed by atoms with Gasteiger partial charge < -0.3 is 0 Å². The van der Waals surface area contributed by atoms with Gasteiger partial charge in [-0.15, -0.1) is 0 Å². The second-order valence-corrected chi connectivity index (χ2v) is 4.38. The summed E-state index contributed by atoms with van der Waals surface area (Å²) in [5.74, 6) is 0. The molecule has 0 fully saturated rings. The first-order valence-electron chi connectivity index (χ1n) is 6.19. The summed E-state index contributed by atoms with van der Waals surface area (Å²) in [6.07, 6.45) is 2.20. The number of hydrogen-bond donors (Lipinski definition) is 0. The van der Waals surface area contributed by atoms with Crippen LogP contribution in [0.15, 0.2) is 60.8 Å². The SMILES string of the molecule is N#CCc1cnc(-c2ccccc2)c2ccccc12. The zero-order valence-electron chi connectivity index (χ0n) is 10.4. The van der Waals surface area contributed by atoms with Gasteiger partial charge in [0.2, 0.25) is 0 Å². The lowest BCUT2D eigenvalue weighted by Gasteiger charge is -2.08. The van der Waals surface area contributed by atoms with Crippen LogP contribution in [0.5, 0.6) is 0 Å². The number of nitriles is 1. The molecule has 0 amide bonds. The Labute approximate surface area is 112 Å². The highest BCUT2D eigenvalue weighted by atomic mass is 14.7. The average Bonchev–Trinajstić information content (AvgIpc) is 2.49. The molecule has 90 valence electrons. The topological polar surface area (TPSA) is 36.7 Å². The van der Waals surface area contributed by atoms with E-state index in [2.05, 4.69) is 35.3 Å². The van der Waals surface area contributed by atoms with Crippen molar-refractivity contribution in [2.75, 3.05) is 0 Å².